The summed E-state index contributed by atoms with van der Waals surface area (Å²) in [5, 5.41) is 19.0. The molecular weight excluding hydrogens is 414 g/mol. The van der Waals surface area contributed by atoms with Crippen molar-refractivity contribution in [1.29, 1.82) is 5.26 Å². The fourth-order valence-electron chi connectivity index (χ4n) is 4.18. The topological polar surface area (TPSA) is 109 Å². The Kier molecular flexibility index (Phi) is 6.40. The maximum absolute atomic E-state index is 12.0. The first kappa shape index (κ1) is 22.5. The summed E-state index contributed by atoms with van der Waals surface area (Å²) in [6.07, 6.45) is 10.3. The van der Waals surface area contributed by atoms with E-state index < -0.39 is 0 Å². The lowest BCUT2D eigenvalue weighted by Crippen LogP contribution is -2.23. The Bertz CT molecular complexity index is 1160. The van der Waals surface area contributed by atoms with Crippen molar-refractivity contribution >= 4 is 17.5 Å². The summed E-state index contributed by atoms with van der Waals surface area (Å²) < 4.78 is 2.06. The monoisotopic (exact) mass is 443 g/mol. The minimum atomic E-state index is -0.275. The van der Waals surface area contributed by atoms with Crippen molar-refractivity contribution in [2.45, 2.75) is 52.5 Å². The van der Waals surface area contributed by atoms with Crippen molar-refractivity contribution in [3.63, 3.8) is 0 Å². The van der Waals surface area contributed by atoms with Gasteiger partial charge in [-0.25, -0.2) is 9.97 Å². The third kappa shape index (κ3) is 5.37. The highest BCUT2D eigenvalue weighted by molar-refractivity contribution is 5.94. The van der Waals surface area contributed by atoms with E-state index in [1.165, 1.54) is 12.8 Å². The summed E-state index contributed by atoms with van der Waals surface area (Å²) in [7, 11) is 0. The van der Waals surface area contributed by atoms with Crippen LogP contribution >= 0.6 is 0 Å². The average Bonchev–Trinajstić information content (AvgIpc) is 3.27. The largest absolute Gasteiger partial charge is 0.339 e. The molecule has 0 unspecified atom stereocenters. The molecule has 8 nitrogen and oxygen atoms in total. The van der Waals surface area contributed by atoms with Crippen LogP contribution in [0.3, 0.4) is 0 Å². The number of carbonyl (C=O) groups excluding carboxylic acids is 1. The van der Waals surface area contributed by atoms with Gasteiger partial charge in [-0.05, 0) is 55.7 Å². The zero-order chi connectivity index (χ0) is 23.4. The van der Waals surface area contributed by atoms with Gasteiger partial charge in [-0.15, -0.1) is 0 Å². The molecule has 2 N–H and O–H groups in total. The van der Waals surface area contributed by atoms with E-state index in [0.29, 0.717) is 23.0 Å². The molecule has 2 heterocycles. The molecule has 4 rings (SSSR count). The third-order valence-electron chi connectivity index (χ3n) is 6.26. The number of amides is 1. The lowest BCUT2D eigenvalue weighted by molar-refractivity contribution is 0.0958. The van der Waals surface area contributed by atoms with Gasteiger partial charge in [0.1, 0.15) is 6.54 Å². The molecule has 0 spiro atoms. The summed E-state index contributed by atoms with van der Waals surface area (Å²) in [5.74, 6) is 0.221. The quantitative estimate of drug-likeness (QED) is 0.531. The van der Waals surface area contributed by atoms with Gasteiger partial charge in [0.25, 0.3) is 5.91 Å². The van der Waals surface area contributed by atoms with E-state index in [9.17, 15) is 4.79 Å². The number of hydrogen-bond donors (Lipinski definition) is 2. The van der Waals surface area contributed by atoms with Gasteiger partial charge in [0.2, 0.25) is 5.95 Å². The number of nitrogens with zero attached hydrogens (tertiary/aromatic N) is 5. The Morgan fingerprint density at radius 2 is 1.94 bits per heavy atom. The van der Waals surface area contributed by atoms with Crippen molar-refractivity contribution < 1.29 is 4.79 Å². The molecule has 2 aromatic heterocycles. The van der Waals surface area contributed by atoms with Crippen LogP contribution in [0.4, 0.5) is 11.6 Å². The molecule has 1 amide bonds. The number of aromatic nitrogens is 4. The Morgan fingerprint density at radius 1 is 1.21 bits per heavy atom. The van der Waals surface area contributed by atoms with Crippen LogP contribution in [0.2, 0.25) is 0 Å². The van der Waals surface area contributed by atoms with Crippen molar-refractivity contribution in [2.24, 2.45) is 5.41 Å². The highest BCUT2D eigenvalue weighted by atomic mass is 16.1. The van der Waals surface area contributed by atoms with Crippen LogP contribution < -0.4 is 10.6 Å². The first-order chi connectivity index (χ1) is 15.8. The van der Waals surface area contributed by atoms with Gasteiger partial charge < -0.3 is 10.6 Å². The van der Waals surface area contributed by atoms with Gasteiger partial charge in [-0.3, -0.25) is 9.48 Å². The molecule has 1 fully saturated rings. The number of nitriles is 1. The van der Waals surface area contributed by atoms with Crippen LogP contribution in [0.5, 0.6) is 0 Å². The summed E-state index contributed by atoms with van der Waals surface area (Å²) in [6.45, 7) is 6.61. The van der Waals surface area contributed by atoms with Crippen molar-refractivity contribution in [1.82, 2.24) is 25.1 Å². The van der Waals surface area contributed by atoms with E-state index in [4.69, 9.17) is 10.2 Å². The van der Waals surface area contributed by atoms with Crippen LogP contribution in [-0.4, -0.2) is 32.2 Å². The molecule has 3 aromatic rings. The average molecular weight is 444 g/mol. The lowest BCUT2D eigenvalue weighted by atomic mass is 9.76. The normalized spacial score (nSPS) is 15.6. The molecular formula is C25H29N7O. The van der Waals surface area contributed by atoms with Crippen LogP contribution in [0.1, 0.15) is 61.5 Å². The van der Waals surface area contributed by atoms with Gasteiger partial charge >= 0.3 is 0 Å². The minimum absolute atomic E-state index is 0.0179. The van der Waals surface area contributed by atoms with Crippen LogP contribution in [0, 0.1) is 23.7 Å². The number of hydrogen-bond acceptors (Lipinski definition) is 6. The Balaban J connectivity index is 1.47. The number of aryl methyl sites for hydroxylation is 1. The van der Waals surface area contributed by atoms with E-state index in [1.54, 1.807) is 18.3 Å². The first-order valence-corrected chi connectivity index (χ1v) is 11.2. The summed E-state index contributed by atoms with van der Waals surface area (Å²) in [4.78, 5) is 21.1. The molecule has 1 aliphatic rings. The second-order valence-corrected chi connectivity index (χ2v) is 9.37. The first-order valence-electron chi connectivity index (χ1n) is 11.2. The number of rotatable bonds is 6. The summed E-state index contributed by atoms with van der Waals surface area (Å²) >= 11 is 0. The Morgan fingerprint density at radius 3 is 2.64 bits per heavy atom. The maximum Gasteiger partial charge on any atom is 0.252 e. The van der Waals surface area contributed by atoms with E-state index in [-0.39, 0.29) is 12.5 Å². The molecule has 1 aromatic carbocycles. The highest BCUT2D eigenvalue weighted by Gasteiger charge is 2.28. The summed E-state index contributed by atoms with van der Waals surface area (Å²) in [6, 6.07) is 9.49. The van der Waals surface area contributed by atoms with Gasteiger partial charge in [-0.1, -0.05) is 26.0 Å². The molecule has 0 aliphatic heterocycles. The standard InChI is InChI=1S/C25H29N7O/c1-17-14-28-24(30-20-15-29-32(16-20)21-8-10-25(2,3)11-9-21)31-22(17)18-4-6-19(7-5-18)23(33)27-13-12-26/h4-7,14-16,21H,8-11,13H2,1-3H3,(H,27,33)(H,28,30,31). The number of carbonyl (C=O) groups is 1. The van der Waals surface area contributed by atoms with Crippen molar-refractivity contribution in [3.05, 3.63) is 54.0 Å². The smallest absolute Gasteiger partial charge is 0.252 e. The second-order valence-electron chi connectivity index (χ2n) is 9.37. The lowest BCUT2D eigenvalue weighted by Gasteiger charge is -2.34. The predicted octanol–water partition coefficient (Wildman–Crippen LogP) is 4.79. The SMILES string of the molecule is Cc1cnc(Nc2cnn(C3CCC(C)(C)CC3)c2)nc1-c1ccc(C(=O)NCC#N)cc1. The second kappa shape index (κ2) is 9.41. The van der Waals surface area contributed by atoms with Crippen molar-refractivity contribution in [3.8, 4) is 17.3 Å². The third-order valence-corrected chi connectivity index (χ3v) is 6.26. The molecule has 8 heteroatoms. The molecule has 170 valence electrons. The summed E-state index contributed by atoms with van der Waals surface area (Å²) in [5.41, 5.74) is 4.39. The Hall–Kier alpha value is -3.73. The van der Waals surface area contributed by atoms with Crippen LogP contribution in [0.25, 0.3) is 11.3 Å². The van der Waals surface area contributed by atoms with Gasteiger partial charge in [-0.2, -0.15) is 10.4 Å². The molecule has 1 aliphatic carbocycles. The van der Waals surface area contributed by atoms with Gasteiger partial charge in [0.05, 0.1) is 29.7 Å². The minimum Gasteiger partial charge on any atom is -0.339 e. The highest BCUT2D eigenvalue weighted by Crippen LogP contribution is 2.40. The molecule has 0 bridgehead atoms. The number of anilines is 2. The van der Waals surface area contributed by atoms with Crippen LogP contribution in [-0.2, 0) is 0 Å². The number of nitrogens with one attached hydrogen (secondary N) is 2. The number of benzene rings is 1. The Labute approximate surface area is 194 Å². The van der Waals surface area contributed by atoms with E-state index in [0.717, 1.165) is 35.3 Å². The predicted molar refractivity (Wildman–Crippen MR) is 127 cm³/mol. The fourth-order valence-corrected chi connectivity index (χ4v) is 4.18. The molecule has 0 radical (unpaired) electrons. The van der Waals surface area contributed by atoms with Crippen molar-refractivity contribution in [2.75, 3.05) is 11.9 Å². The van der Waals surface area contributed by atoms with Crippen LogP contribution in [0.15, 0.2) is 42.9 Å². The fraction of sp³-hybridized carbons (Fsp3) is 0.400. The van der Waals surface area contributed by atoms with E-state index >= 15 is 0 Å². The zero-order valence-corrected chi connectivity index (χ0v) is 19.3. The zero-order valence-electron chi connectivity index (χ0n) is 19.3. The van der Waals surface area contributed by atoms with E-state index in [1.807, 2.05) is 37.5 Å². The molecule has 0 atom stereocenters. The maximum atomic E-state index is 12.0. The van der Waals surface area contributed by atoms with E-state index in [2.05, 4.69) is 39.2 Å². The molecule has 0 saturated heterocycles. The van der Waals surface area contributed by atoms with Gasteiger partial charge in [0.15, 0.2) is 0 Å². The van der Waals surface area contributed by atoms with Gasteiger partial charge in [0, 0.05) is 23.5 Å². The molecule has 33 heavy (non-hydrogen) atoms. The molecule has 1 saturated carbocycles.